The summed E-state index contributed by atoms with van der Waals surface area (Å²) in [5.41, 5.74) is 3.85. The van der Waals surface area contributed by atoms with Gasteiger partial charge in [0.15, 0.2) is 0 Å². The highest BCUT2D eigenvalue weighted by molar-refractivity contribution is 5.84. The third-order valence-corrected chi connectivity index (χ3v) is 6.13. The number of hydrogen-bond donors (Lipinski definition) is 1. The van der Waals surface area contributed by atoms with E-state index in [2.05, 4.69) is 67.9 Å². The molecule has 0 unspecified atom stereocenters. The molecule has 1 amide bonds. The third-order valence-electron chi connectivity index (χ3n) is 6.13. The van der Waals surface area contributed by atoms with Gasteiger partial charge in [-0.3, -0.25) is 4.79 Å². The van der Waals surface area contributed by atoms with Gasteiger partial charge in [-0.15, -0.1) is 0 Å². The SMILES string of the molecule is C=CCOc1cccc(/C=C/[C@@]23NC(=O)CCN2c2ccc(C)cc2C3(C)C)c1. The molecule has 4 nitrogen and oxygen atoms in total. The summed E-state index contributed by atoms with van der Waals surface area (Å²) in [5.74, 6) is 0.894. The minimum Gasteiger partial charge on any atom is -0.490 e. The molecule has 2 aliphatic heterocycles. The molecular weight excluding hydrogens is 360 g/mol. The van der Waals surface area contributed by atoms with Crippen molar-refractivity contribution >= 4 is 17.7 Å². The highest BCUT2D eigenvalue weighted by atomic mass is 16.5. The Morgan fingerprint density at radius 1 is 1.24 bits per heavy atom. The van der Waals surface area contributed by atoms with E-state index in [9.17, 15) is 4.79 Å². The number of benzene rings is 2. The van der Waals surface area contributed by atoms with Gasteiger partial charge in [-0.25, -0.2) is 0 Å². The fourth-order valence-corrected chi connectivity index (χ4v) is 4.55. The van der Waals surface area contributed by atoms with Crippen LogP contribution in [-0.2, 0) is 10.2 Å². The molecular formula is C25H28N2O2. The van der Waals surface area contributed by atoms with Crippen LogP contribution >= 0.6 is 0 Å². The molecule has 1 saturated heterocycles. The van der Waals surface area contributed by atoms with E-state index in [-0.39, 0.29) is 11.3 Å². The monoisotopic (exact) mass is 388 g/mol. The summed E-state index contributed by atoms with van der Waals surface area (Å²) in [7, 11) is 0. The van der Waals surface area contributed by atoms with Crippen molar-refractivity contribution < 1.29 is 9.53 Å². The molecule has 0 spiro atoms. The number of aryl methyl sites for hydroxylation is 1. The van der Waals surface area contributed by atoms with Gasteiger partial charge in [-0.1, -0.05) is 62.4 Å². The maximum Gasteiger partial charge on any atom is 0.223 e. The Labute approximate surface area is 172 Å². The normalized spacial score (nSPS) is 22.2. The number of nitrogens with one attached hydrogen (secondary N) is 1. The molecule has 0 aliphatic carbocycles. The summed E-state index contributed by atoms with van der Waals surface area (Å²) in [5, 5.41) is 3.32. The molecule has 4 rings (SSSR count). The third kappa shape index (κ3) is 3.13. The number of fused-ring (bicyclic) bond motifs is 3. The number of carbonyl (C=O) groups is 1. The van der Waals surface area contributed by atoms with Crippen LogP contribution < -0.4 is 15.0 Å². The van der Waals surface area contributed by atoms with Crippen molar-refractivity contribution in [2.75, 3.05) is 18.1 Å². The van der Waals surface area contributed by atoms with E-state index in [0.717, 1.165) is 11.3 Å². The second-order valence-corrected chi connectivity index (χ2v) is 8.37. The van der Waals surface area contributed by atoms with Gasteiger partial charge in [0.25, 0.3) is 0 Å². The fourth-order valence-electron chi connectivity index (χ4n) is 4.55. The molecule has 0 saturated carbocycles. The lowest BCUT2D eigenvalue weighted by atomic mass is 9.74. The maximum absolute atomic E-state index is 12.5. The smallest absolute Gasteiger partial charge is 0.223 e. The van der Waals surface area contributed by atoms with Crippen LogP contribution in [0.25, 0.3) is 6.08 Å². The Balaban J connectivity index is 1.76. The van der Waals surface area contributed by atoms with Crippen molar-refractivity contribution in [2.24, 2.45) is 0 Å². The molecule has 0 bridgehead atoms. The molecule has 2 aromatic rings. The van der Waals surface area contributed by atoms with Gasteiger partial charge < -0.3 is 15.0 Å². The largest absolute Gasteiger partial charge is 0.490 e. The van der Waals surface area contributed by atoms with Gasteiger partial charge >= 0.3 is 0 Å². The van der Waals surface area contributed by atoms with Crippen molar-refractivity contribution in [3.8, 4) is 5.75 Å². The van der Waals surface area contributed by atoms with Gasteiger partial charge in [0, 0.05) is 24.1 Å². The summed E-state index contributed by atoms with van der Waals surface area (Å²) in [6, 6.07) is 14.5. The van der Waals surface area contributed by atoms with E-state index in [4.69, 9.17) is 4.74 Å². The summed E-state index contributed by atoms with van der Waals surface area (Å²) in [4.78, 5) is 14.8. The molecule has 2 aliphatic rings. The van der Waals surface area contributed by atoms with E-state index in [1.54, 1.807) is 6.08 Å². The standard InChI is InChI=1S/C25H28N2O2/c1-5-15-29-20-8-6-7-19(17-20)11-13-25-24(3,4)21-16-18(2)9-10-22(21)27(25)14-12-23(28)26-25/h5-11,13,16-17H,1,12,14-15H2,2-4H3,(H,26,28)/b13-11+/t25-/m1/s1. The van der Waals surface area contributed by atoms with Crippen molar-refractivity contribution in [3.05, 3.63) is 77.9 Å². The Hall–Kier alpha value is -3.01. The second-order valence-electron chi connectivity index (χ2n) is 8.37. The minimum atomic E-state index is -0.601. The van der Waals surface area contributed by atoms with E-state index in [1.165, 1.54) is 16.8 Å². The number of nitrogens with zero attached hydrogens (tertiary/aromatic N) is 1. The van der Waals surface area contributed by atoms with Crippen LogP contribution in [0, 0.1) is 6.92 Å². The van der Waals surface area contributed by atoms with E-state index >= 15 is 0 Å². The van der Waals surface area contributed by atoms with Gasteiger partial charge in [0.2, 0.25) is 5.91 Å². The number of anilines is 1. The topological polar surface area (TPSA) is 41.6 Å². The van der Waals surface area contributed by atoms with Gasteiger partial charge in [-0.05, 0) is 42.3 Å². The summed E-state index contributed by atoms with van der Waals surface area (Å²) in [6.07, 6.45) is 6.47. The molecule has 1 atom stereocenters. The van der Waals surface area contributed by atoms with Gasteiger partial charge in [0.1, 0.15) is 18.0 Å². The van der Waals surface area contributed by atoms with Gasteiger partial charge in [0.05, 0.1) is 0 Å². The highest BCUT2D eigenvalue weighted by Gasteiger charge is 2.57. The van der Waals surface area contributed by atoms with E-state index < -0.39 is 5.66 Å². The zero-order valence-electron chi connectivity index (χ0n) is 17.4. The van der Waals surface area contributed by atoms with Crippen molar-refractivity contribution in [2.45, 2.75) is 38.3 Å². The lowest BCUT2D eigenvalue weighted by Crippen LogP contribution is -2.68. The van der Waals surface area contributed by atoms with Crippen molar-refractivity contribution in [1.82, 2.24) is 5.32 Å². The van der Waals surface area contributed by atoms with Crippen LogP contribution in [0.1, 0.15) is 37.0 Å². The number of rotatable bonds is 5. The molecule has 1 fully saturated rings. The second kappa shape index (κ2) is 7.11. The minimum absolute atomic E-state index is 0.0894. The molecule has 0 radical (unpaired) electrons. The maximum atomic E-state index is 12.5. The predicted octanol–water partition coefficient (Wildman–Crippen LogP) is 4.59. The molecule has 2 heterocycles. The Morgan fingerprint density at radius 3 is 2.86 bits per heavy atom. The number of hydrogen-bond acceptors (Lipinski definition) is 3. The molecule has 2 aromatic carbocycles. The number of ether oxygens (including phenoxy) is 1. The van der Waals surface area contributed by atoms with Crippen LogP contribution in [-0.4, -0.2) is 24.7 Å². The van der Waals surface area contributed by atoms with Crippen molar-refractivity contribution in [1.29, 1.82) is 0 Å². The van der Waals surface area contributed by atoms with Crippen LogP contribution in [0.5, 0.6) is 5.75 Å². The summed E-state index contributed by atoms with van der Waals surface area (Å²) in [6.45, 7) is 11.4. The van der Waals surface area contributed by atoms with Crippen LogP contribution in [0.3, 0.4) is 0 Å². The van der Waals surface area contributed by atoms with Crippen LogP contribution in [0.15, 0.2) is 61.2 Å². The van der Waals surface area contributed by atoms with Crippen molar-refractivity contribution in [3.63, 3.8) is 0 Å². The average Bonchev–Trinajstić information content (AvgIpc) is 2.89. The first-order valence-electron chi connectivity index (χ1n) is 10.1. The lowest BCUT2D eigenvalue weighted by molar-refractivity contribution is -0.124. The average molecular weight is 389 g/mol. The zero-order chi connectivity index (χ0) is 20.6. The molecule has 29 heavy (non-hydrogen) atoms. The first-order chi connectivity index (χ1) is 13.9. The highest BCUT2D eigenvalue weighted by Crippen LogP contribution is 2.52. The zero-order valence-corrected chi connectivity index (χ0v) is 17.4. The molecule has 1 N–H and O–H groups in total. The number of amides is 1. The first-order valence-corrected chi connectivity index (χ1v) is 10.1. The Bertz CT molecular complexity index is 992. The predicted molar refractivity (Wildman–Crippen MR) is 118 cm³/mol. The van der Waals surface area contributed by atoms with E-state index in [1.807, 2.05) is 24.3 Å². The summed E-state index contributed by atoms with van der Waals surface area (Å²) >= 11 is 0. The van der Waals surface area contributed by atoms with E-state index in [0.29, 0.717) is 19.6 Å². The first kappa shape index (κ1) is 19.3. The Kier molecular flexibility index (Phi) is 4.73. The molecule has 150 valence electrons. The van der Waals surface area contributed by atoms with Crippen LogP contribution in [0.2, 0.25) is 0 Å². The lowest BCUT2D eigenvalue weighted by Gasteiger charge is -2.49. The fraction of sp³-hybridized carbons (Fsp3) is 0.320. The van der Waals surface area contributed by atoms with Gasteiger partial charge in [-0.2, -0.15) is 0 Å². The summed E-state index contributed by atoms with van der Waals surface area (Å²) < 4.78 is 5.66. The van der Waals surface area contributed by atoms with Crippen LogP contribution in [0.4, 0.5) is 5.69 Å². The molecule has 0 aromatic heterocycles. The molecule has 4 heteroatoms. The quantitative estimate of drug-likeness (QED) is 0.762. The number of carbonyl (C=O) groups excluding carboxylic acids is 1. The Morgan fingerprint density at radius 2 is 2.07 bits per heavy atom.